The van der Waals surface area contributed by atoms with Gasteiger partial charge in [-0.3, -0.25) is 4.90 Å². The Bertz CT molecular complexity index is 470. The molecule has 0 bridgehead atoms. The van der Waals surface area contributed by atoms with Crippen molar-refractivity contribution in [2.45, 2.75) is 38.3 Å². The van der Waals surface area contributed by atoms with Gasteiger partial charge in [-0.1, -0.05) is 0 Å². The Morgan fingerprint density at radius 1 is 1.30 bits per heavy atom. The van der Waals surface area contributed by atoms with Crippen LogP contribution < -0.4 is 0 Å². The SMILES string of the molecule is CC(C)(C#N)N1CCN(S(=O)(=O)CC2CCCO2)CC1. The van der Waals surface area contributed by atoms with Gasteiger partial charge in [0.2, 0.25) is 10.0 Å². The Hall–Kier alpha value is -0.680. The molecule has 0 aromatic rings. The molecule has 1 unspecified atom stereocenters. The summed E-state index contributed by atoms with van der Waals surface area (Å²) < 4.78 is 31.6. The maximum absolute atomic E-state index is 12.3. The third-order valence-electron chi connectivity index (χ3n) is 4.12. The van der Waals surface area contributed by atoms with Gasteiger partial charge in [0.25, 0.3) is 0 Å². The molecule has 2 saturated heterocycles. The first-order valence-corrected chi connectivity index (χ1v) is 8.72. The Kier molecular flexibility index (Phi) is 4.69. The van der Waals surface area contributed by atoms with Crippen molar-refractivity contribution < 1.29 is 13.2 Å². The summed E-state index contributed by atoms with van der Waals surface area (Å²) in [5.74, 6) is 0.0919. The van der Waals surface area contributed by atoms with Crippen LogP contribution in [0.25, 0.3) is 0 Å². The molecule has 2 fully saturated rings. The van der Waals surface area contributed by atoms with Crippen LogP contribution >= 0.6 is 0 Å². The lowest BCUT2D eigenvalue weighted by molar-refractivity contribution is 0.110. The number of nitrogens with zero attached hydrogens (tertiary/aromatic N) is 3. The van der Waals surface area contributed by atoms with Gasteiger partial charge in [-0.2, -0.15) is 9.57 Å². The quantitative estimate of drug-likeness (QED) is 0.752. The number of rotatable bonds is 4. The lowest BCUT2D eigenvalue weighted by Gasteiger charge is -2.40. The predicted molar refractivity (Wildman–Crippen MR) is 75.6 cm³/mol. The second kappa shape index (κ2) is 5.98. The van der Waals surface area contributed by atoms with Crippen molar-refractivity contribution in [2.24, 2.45) is 0 Å². The molecule has 0 aliphatic carbocycles. The first kappa shape index (κ1) is 15.7. The molecule has 2 aliphatic heterocycles. The van der Waals surface area contributed by atoms with Crippen LogP contribution in [0.15, 0.2) is 0 Å². The smallest absolute Gasteiger partial charge is 0.216 e. The van der Waals surface area contributed by atoms with Crippen LogP contribution in [0.4, 0.5) is 0 Å². The molecular formula is C13H23N3O3S. The van der Waals surface area contributed by atoms with E-state index < -0.39 is 15.6 Å². The van der Waals surface area contributed by atoms with Crippen molar-refractivity contribution in [3.63, 3.8) is 0 Å². The second-order valence-electron chi connectivity index (χ2n) is 5.97. The number of hydrogen-bond acceptors (Lipinski definition) is 5. The molecule has 2 aliphatic rings. The molecular weight excluding hydrogens is 278 g/mol. The molecule has 114 valence electrons. The van der Waals surface area contributed by atoms with Crippen molar-refractivity contribution in [2.75, 3.05) is 38.5 Å². The van der Waals surface area contributed by atoms with E-state index in [1.165, 1.54) is 0 Å². The molecule has 7 heteroatoms. The van der Waals surface area contributed by atoms with Crippen LogP contribution in [-0.2, 0) is 14.8 Å². The highest BCUT2D eigenvalue weighted by Crippen LogP contribution is 2.20. The van der Waals surface area contributed by atoms with Crippen LogP contribution in [0.3, 0.4) is 0 Å². The minimum Gasteiger partial charge on any atom is -0.377 e. The molecule has 0 N–H and O–H groups in total. The van der Waals surface area contributed by atoms with E-state index in [0.29, 0.717) is 32.8 Å². The van der Waals surface area contributed by atoms with Gasteiger partial charge >= 0.3 is 0 Å². The topological polar surface area (TPSA) is 73.6 Å². The number of sulfonamides is 1. The fourth-order valence-electron chi connectivity index (χ4n) is 2.71. The van der Waals surface area contributed by atoms with Gasteiger partial charge in [0, 0.05) is 32.8 Å². The van der Waals surface area contributed by atoms with E-state index in [1.807, 2.05) is 18.7 Å². The fraction of sp³-hybridized carbons (Fsp3) is 0.923. The fourth-order valence-corrected chi connectivity index (χ4v) is 4.38. The zero-order chi connectivity index (χ0) is 14.8. The lowest BCUT2D eigenvalue weighted by atomic mass is 10.0. The first-order valence-electron chi connectivity index (χ1n) is 7.11. The van der Waals surface area contributed by atoms with Gasteiger partial charge in [-0.25, -0.2) is 8.42 Å². The summed E-state index contributed by atoms with van der Waals surface area (Å²) >= 11 is 0. The van der Waals surface area contributed by atoms with Gasteiger partial charge in [0.1, 0.15) is 5.54 Å². The third-order valence-corrected chi connectivity index (χ3v) is 6.06. The summed E-state index contributed by atoms with van der Waals surface area (Å²) in [7, 11) is -3.24. The molecule has 0 spiro atoms. The highest BCUT2D eigenvalue weighted by molar-refractivity contribution is 7.89. The first-order chi connectivity index (χ1) is 9.35. The molecule has 0 saturated carbocycles. The summed E-state index contributed by atoms with van der Waals surface area (Å²) in [5, 5.41) is 9.12. The van der Waals surface area contributed by atoms with Gasteiger partial charge in [0.05, 0.1) is 17.9 Å². The van der Waals surface area contributed by atoms with E-state index in [1.54, 1.807) is 4.31 Å². The van der Waals surface area contributed by atoms with Crippen LogP contribution in [-0.4, -0.2) is 67.8 Å². The standard InChI is InChI=1S/C13H23N3O3S/c1-13(2,11-14)15-5-7-16(8-6-15)20(17,18)10-12-4-3-9-19-12/h12H,3-10H2,1-2H3. The van der Waals surface area contributed by atoms with Crippen LogP contribution in [0.5, 0.6) is 0 Å². The average Bonchev–Trinajstić information content (AvgIpc) is 2.91. The van der Waals surface area contributed by atoms with Gasteiger partial charge in [0.15, 0.2) is 0 Å². The van der Waals surface area contributed by atoms with Gasteiger partial charge < -0.3 is 4.74 Å². The van der Waals surface area contributed by atoms with Crippen LogP contribution in [0.1, 0.15) is 26.7 Å². The van der Waals surface area contributed by atoms with Crippen LogP contribution in [0, 0.1) is 11.3 Å². The highest BCUT2D eigenvalue weighted by atomic mass is 32.2. The maximum Gasteiger partial charge on any atom is 0.216 e. The number of ether oxygens (including phenoxy) is 1. The Labute approximate surface area is 121 Å². The minimum absolute atomic E-state index is 0.0919. The van der Waals surface area contributed by atoms with E-state index in [-0.39, 0.29) is 11.9 Å². The zero-order valence-electron chi connectivity index (χ0n) is 12.2. The molecule has 0 amide bonds. The van der Waals surface area contributed by atoms with E-state index in [0.717, 1.165) is 12.8 Å². The number of hydrogen-bond donors (Lipinski definition) is 0. The van der Waals surface area contributed by atoms with E-state index >= 15 is 0 Å². The maximum atomic E-state index is 12.3. The summed E-state index contributed by atoms with van der Waals surface area (Å²) in [6.45, 7) is 6.52. The zero-order valence-corrected chi connectivity index (χ0v) is 13.0. The van der Waals surface area contributed by atoms with Gasteiger partial charge in [-0.15, -0.1) is 0 Å². The largest absolute Gasteiger partial charge is 0.377 e. The molecule has 1 atom stereocenters. The molecule has 20 heavy (non-hydrogen) atoms. The summed E-state index contributed by atoms with van der Waals surface area (Å²) in [4.78, 5) is 2.03. The normalized spacial score (nSPS) is 26.6. The number of piperazine rings is 1. The monoisotopic (exact) mass is 301 g/mol. The number of nitriles is 1. The van der Waals surface area contributed by atoms with Crippen molar-refractivity contribution in [1.82, 2.24) is 9.21 Å². The third kappa shape index (κ3) is 3.50. The van der Waals surface area contributed by atoms with Crippen molar-refractivity contribution in [3.05, 3.63) is 0 Å². The highest BCUT2D eigenvalue weighted by Gasteiger charge is 2.35. The molecule has 2 rings (SSSR count). The Morgan fingerprint density at radius 2 is 1.95 bits per heavy atom. The summed E-state index contributed by atoms with van der Waals surface area (Å²) in [5.41, 5.74) is -0.537. The predicted octanol–water partition coefficient (Wildman–Crippen LogP) is 0.415. The van der Waals surface area contributed by atoms with Crippen molar-refractivity contribution in [1.29, 1.82) is 5.26 Å². The summed E-state index contributed by atoms with van der Waals surface area (Å²) in [6.07, 6.45) is 1.64. The Morgan fingerprint density at radius 3 is 2.45 bits per heavy atom. The van der Waals surface area contributed by atoms with Gasteiger partial charge in [-0.05, 0) is 26.7 Å². The van der Waals surface area contributed by atoms with Crippen molar-refractivity contribution >= 4 is 10.0 Å². The van der Waals surface area contributed by atoms with E-state index in [9.17, 15) is 8.42 Å². The van der Waals surface area contributed by atoms with Crippen LogP contribution in [0.2, 0.25) is 0 Å². The average molecular weight is 301 g/mol. The molecule has 0 radical (unpaired) electrons. The van der Waals surface area contributed by atoms with E-state index in [4.69, 9.17) is 10.00 Å². The summed E-state index contributed by atoms with van der Waals surface area (Å²) in [6, 6.07) is 2.26. The second-order valence-corrected chi connectivity index (χ2v) is 7.98. The molecule has 6 nitrogen and oxygen atoms in total. The minimum atomic E-state index is -3.24. The molecule has 2 heterocycles. The Balaban J connectivity index is 1.91. The molecule has 0 aromatic heterocycles. The van der Waals surface area contributed by atoms with E-state index in [2.05, 4.69) is 6.07 Å². The molecule has 0 aromatic carbocycles. The lowest BCUT2D eigenvalue weighted by Crippen LogP contribution is -2.55. The van der Waals surface area contributed by atoms with Crippen molar-refractivity contribution in [3.8, 4) is 6.07 Å².